The lowest BCUT2D eigenvalue weighted by atomic mass is 10.0. The molecule has 1 atom stereocenters. The molecule has 0 amide bonds. The van der Waals surface area contributed by atoms with Gasteiger partial charge in [0.1, 0.15) is 0 Å². The molecule has 1 aromatic carbocycles. The number of hydrogen-bond acceptors (Lipinski definition) is 2. The van der Waals surface area contributed by atoms with Crippen LogP contribution in [0.25, 0.3) is 0 Å². The van der Waals surface area contributed by atoms with Crippen LogP contribution in [-0.4, -0.2) is 29.7 Å². The Labute approximate surface area is 105 Å². The molecular weight excluding hydrogens is 208 g/mol. The maximum absolute atomic E-state index is 8.07. The highest BCUT2D eigenvalue weighted by Crippen LogP contribution is 2.08. The first kappa shape index (κ1) is 13.9. The van der Waals surface area contributed by atoms with Crippen molar-refractivity contribution in [2.24, 2.45) is 0 Å². The Bertz CT molecular complexity index is 328. The zero-order valence-corrected chi connectivity index (χ0v) is 11.2. The molecule has 2 heteroatoms. The third-order valence-electron chi connectivity index (χ3n) is 3.24. The van der Waals surface area contributed by atoms with E-state index in [2.05, 4.69) is 37.8 Å². The van der Waals surface area contributed by atoms with Gasteiger partial charge in [0.05, 0.1) is 0 Å². The van der Waals surface area contributed by atoms with Crippen LogP contribution in [0.4, 0.5) is 0 Å². The minimum atomic E-state index is 0.473. The molecule has 0 bridgehead atoms. The van der Waals surface area contributed by atoms with Crippen molar-refractivity contribution < 1.29 is 0 Å². The predicted molar refractivity (Wildman–Crippen MR) is 74.9 cm³/mol. The standard InChI is InChI=1S/C15H24N2/c1-4-17(5-2)13(3)11-15(16)12-14-9-7-6-8-10-14/h6-10,13,16H,4-5,11-12H2,1-3H3. The van der Waals surface area contributed by atoms with Crippen LogP contribution in [0.2, 0.25) is 0 Å². The van der Waals surface area contributed by atoms with Crippen LogP contribution >= 0.6 is 0 Å². The molecule has 0 saturated heterocycles. The Morgan fingerprint density at radius 3 is 2.29 bits per heavy atom. The molecule has 0 radical (unpaired) electrons. The van der Waals surface area contributed by atoms with Crippen LogP contribution < -0.4 is 0 Å². The number of nitrogens with one attached hydrogen (secondary N) is 1. The molecule has 2 nitrogen and oxygen atoms in total. The third kappa shape index (κ3) is 4.70. The second-order valence-electron chi connectivity index (χ2n) is 4.54. The molecule has 0 aliphatic heterocycles. The van der Waals surface area contributed by atoms with Gasteiger partial charge in [0.25, 0.3) is 0 Å². The van der Waals surface area contributed by atoms with Crippen molar-refractivity contribution in [1.29, 1.82) is 5.41 Å². The molecule has 0 aliphatic carbocycles. The quantitative estimate of drug-likeness (QED) is 0.717. The Morgan fingerprint density at radius 1 is 1.18 bits per heavy atom. The van der Waals surface area contributed by atoms with Crippen molar-refractivity contribution in [3.63, 3.8) is 0 Å². The molecule has 1 unspecified atom stereocenters. The fraction of sp³-hybridized carbons (Fsp3) is 0.533. The largest absolute Gasteiger partial charge is 0.309 e. The third-order valence-corrected chi connectivity index (χ3v) is 3.24. The van der Waals surface area contributed by atoms with Gasteiger partial charge in [0.2, 0.25) is 0 Å². The maximum atomic E-state index is 8.07. The van der Waals surface area contributed by atoms with E-state index in [4.69, 9.17) is 5.41 Å². The summed E-state index contributed by atoms with van der Waals surface area (Å²) in [4.78, 5) is 2.40. The maximum Gasteiger partial charge on any atom is 0.0148 e. The Kier molecular flexibility index (Phi) is 5.92. The molecule has 0 aromatic heterocycles. The highest BCUT2D eigenvalue weighted by Gasteiger charge is 2.12. The van der Waals surface area contributed by atoms with Gasteiger partial charge in [-0.3, -0.25) is 0 Å². The van der Waals surface area contributed by atoms with Gasteiger partial charge >= 0.3 is 0 Å². The van der Waals surface area contributed by atoms with E-state index in [9.17, 15) is 0 Å². The van der Waals surface area contributed by atoms with Gasteiger partial charge in [0.15, 0.2) is 0 Å². The summed E-state index contributed by atoms with van der Waals surface area (Å²) in [6.45, 7) is 8.71. The van der Waals surface area contributed by atoms with Gasteiger partial charge in [-0.1, -0.05) is 44.2 Å². The summed E-state index contributed by atoms with van der Waals surface area (Å²) >= 11 is 0. The lowest BCUT2D eigenvalue weighted by Gasteiger charge is -2.26. The molecule has 1 N–H and O–H groups in total. The first-order valence-corrected chi connectivity index (χ1v) is 6.51. The minimum absolute atomic E-state index is 0.473. The normalized spacial score (nSPS) is 12.7. The molecule has 0 fully saturated rings. The molecule has 1 aromatic rings. The van der Waals surface area contributed by atoms with Crippen molar-refractivity contribution in [1.82, 2.24) is 4.90 Å². The molecule has 0 spiro atoms. The monoisotopic (exact) mass is 232 g/mol. The second-order valence-corrected chi connectivity index (χ2v) is 4.54. The van der Waals surface area contributed by atoms with Crippen LogP contribution in [0.3, 0.4) is 0 Å². The van der Waals surface area contributed by atoms with Gasteiger partial charge in [0, 0.05) is 24.6 Å². The Balaban J connectivity index is 2.44. The van der Waals surface area contributed by atoms with Gasteiger partial charge in [-0.2, -0.15) is 0 Å². The van der Waals surface area contributed by atoms with E-state index in [0.717, 1.165) is 31.6 Å². The van der Waals surface area contributed by atoms with Crippen molar-refractivity contribution in [3.8, 4) is 0 Å². The first-order chi connectivity index (χ1) is 8.17. The fourth-order valence-corrected chi connectivity index (χ4v) is 2.25. The molecule has 0 saturated carbocycles. The summed E-state index contributed by atoms with van der Waals surface area (Å²) in [6, 6.07) is 10.8. The van der Waals surface area contributed by atoms with Gasteiger partial charge < -0.3 is 10.3 Å². The van der Waals surface area contributed by atoms with Gasteiger partial charge in [-0.05, 0) is 25.6 Å². The summed E-state index contributed by atoms with van der Waals surface area (Å²) in [7, 11) is 0. The van der Waals surface area contributed by atoms with Crippen molar-refractivity contribution in [3.05, 3.63) is 35.9 Å². The van der Waals surface area contributed by atoms with Crippen LogP contribution in [0.15, 0.2) is 30.3 Å². The molecule has 0 heterocycles. The van der Waals surface area contributed by atoms with E-state index in [1.54, 1.807) is 0 Å². The zero-order chi connectivity index (χ0) is 12.7. The van der Waals surface area contributed by atoms with E-state index in [1.807, 2.05) is 18.2 Å². The average Bonchev–Trinajstić information content (AvgIpc) is 2.31. The van der Waals surface area contributed by atoms with Crippen LogP contribution in [0.1, 0.15) is 32.8 Å². The first-order valence-electron chi connectivity index (χ1n) is 6.51. The zero-order valence-electron chi connectivity index (χ0n) is 11.2. The summed E-state index contributed by atoms with van der Waals surface area (Å²) in [5.74, 6) is 0. The molecular formula is C15H24N2. The smallest absolute Gasteiger partial charge is 0.0148 e. The SMILES string of the molecule is CCN(CC)C(C)CC(=N)Cc1ccccc1. The van der Waals surface area contributed by atoms with Gasteiger partial charge in [-0.25, -0.2) is 0 Å². The van der Waals surface area contributed by atoms with Crippen LogP contribution in [0, 0.1) is 5.41 Å². The number of nitrogens with zero attached hydrogens (tertiary/aromatic N) is 1. The topological polar surface area (TPSA) is 27.1 Å². The number of benzene rings is 1. The van der Waals surface area contributed by atoms with E-state index < -0.39 is 0 Å². The van der Waals surface area contributed by atoms with E-state index in [1.165, 1.54) is 5.56 Å². The van der Waals surface area contributed by atoms with E-state index in [-0.39, 0.29) is 0 Å². The van der Waals surface area contributed by atoms with E-state index in [0.29, 0.717) is 6.04 Å². The number of rotatable bonds is 7. The lowest BCUT2D eigenvalue weighted by molar-refractivity contribution is 0.236. The lowest BCUT2D eigenvalue weighted by Crippen LogP contribution is -2.34. The van der Waals surface area contributed by atoms with Crippen molar-refractivity contribution in [2.45, 2.75) is 39.7 Å². The second kappa shape index (κ2) is 7.23. The molecule has 17 heavy (non-hydrogen) atoms. The molecule has 94 valence electrons. The van der Waals surface area contributed by atoms with E-state index >= 15 is 0 Å². The summed E-state index contributed by atoms with van der Waals surface area (Å²) in [6.07, 6.45) is 1.66. The number of hydrogen-bond donors (Lipinski definition) is 1. The van der Waals surface area contributed by atoms with Crippen molar-refractivity contribution in [2.75, 3.05) is 13.1 Å². The summed E-state index contributed by atoms with van der Waals surface area (Å²) < 4.78 is 0. The minimum Gasteiger partial charge on any atom is -0.309 e. The molecule has 0 aliphatic rings. The summed E-state index contributed by atoms with van der Waals surface area (Å²) in [5, 5.41) is 8.07. The molecule has 1 rings (SSSR count). The predicted octanol–water partition coefficient (Wildman–Crippen LogP) is 3.37. The highest BCUT2D eigenvalue weighted by atomic mass is 15.1. The fourth-order valence-electron chi connectivity index (χ4n) is 2.25. The Morgan fingerprint density at radius 2 is 1.76 bits per heavy atom. The van der Waals surface area contributed by atoms with Gasteiger partial charge in [-0.15, -0.1) is 0 Å². The Hall–Kier alpha value is -1.15. The van der Waals surface area contributed by atoms with Crippen LogP contribution in [-0.2, 0) is 6.42 Å². The highest BCUT2D eigenvalue weighted by molar-refractivity contribution is 5.84. The average molecular weight is 232 g/mol. The summed E-state index contributed by atoms with van der Waals surface area (Å²) in [5.41, 5.74) is 2.07. The van der Waals surface area contributed by atoms with Crippen molar-refractivity contribution >= 4 is 5.71 Å². The van der Waals surface area contributed by atoms with Crippen LogP contribution in [0.5, 0.6) is 0 Å².